The van der Waals surface area contributed by atoms with Crippen molar-refractivity contribution in [1.82, 2.24) is 0 Å². The first kappa shape index (κ1) is 39.2. The van der Waals surface area contributed by atoms with Gasteiger partial charge in [0, 0.05) is 22.2 Å². The number of nitrogens with zero attached hydrogens (tertiary/aromatic N) is 2. The molecule has 0 aliphatic heterocycles. The smallest absolute Gasteiger partial charge is 0.0540 e. The summed E-state index contributed by atoms with van der Waals surface area (Å²) in [6, 6.07) is 58.9. The second-order valence-electron chi connectivity index (χ2n) is 17.2. The van der Waals surface area contributed by atoms with Crippen molar-refractivity contribution < 1.29 is 0 Å². The number of allylic oxidation sites excluding steroid dienone is 3. The van der Waals surface area contributed by atoms with Crippen LogP contribution in [0.4, 0.5) is 28.4 Å². The molecule has 0 saturated carbocycles. The molecule has 304 valence electrons. The van der Waals surface area contributed by atoms with Gasteiger partial charge >= 0.3 is 0 Å². The Labute approximate surface area is 367 Å². The van der Waals surface area contributed by atoms with Gasteiger partial charge in [-0.25, -0.2) is 0 Å². The Morgan fingerprint density at radius 1 is 0.516 bits per heavy atom. The number of rotatable bonds is 10. The van der Waals surface area contributed by atoms with Crippen LogP contribution < -0.4 is 9.80 Å². The topological polar surface area (TPSA) is 6.48 Å². The Kier molecular flexibility index (Phi) is 10.2. The molecule has 0 amide bonds. The highest BCUT2D eigenvalue weighted by atomic mass is 15.2. The number of anilines is 5. The van der Waals surface area contributed by atoms with E-state index in [1.54, 1.807) is 0 Å². The largest absolute Gasteiger partial charge is 0.310 e. The summed E-state index contributed by atoms with van der Waals surface area (Å²) in [6.07, 6.45) is 10.4. The molecule has 0 saturated heterocycles. The zero-order chi connectivity index (χ0) is 42.5. The van der Waals surface area contributed by atoms with Crippen molar-refractivity contribution in [3.05, 3.63) is 209 Å². The van der Waals surface area contributed by atoms with Gasteiger partial charge in [-0.15, -0.1) is 0 Å². The molecule has 0 fully saturated rings. The van der Waals surface area contributed by atoms with Crippen LogP contribution in [0.25, 0.3) is 54.6 Å². The van der Waals surface area contributed by atoms with Crippen LogP contribution in [0.1, 0.15) is 54.5 Å². The van der Waals surface area contributed by atoms with E-state index in [0.29, 0.717) is 5.92 Å². The van der Waals surface area contributed by atoms with Crippen molar-refractivity contribution in [3.8, 4) is 22.3 Å². The van der Waals surface area contributed by atoms with Gasteiger partial charge in [0.25, 0.3) is 0 Å². The third-order valence-corrected chi connectivity index (χ3v) is 13.5. The van der Waals surface area contributed by atoms with Crippen LogP contribution in [0.2, 0.25) is 0 Å². The van der Waals surface area contributed by atoms with Gasteiger partial charge in [0.1, 0.15) is 0 Å². The van der Waals surface area contributed by atoms with E-state index in [0.717, 1.165) is 19.3 Å². The molecule has 9 aromatic carbocycles. The quantitative estimate of drug-likeness (QED) is 0.127. The maximum absolute atomic E-state index is 2.58. The number of hydrogen-bond donors (Lipinski definition) is 0. The summed E-state index contributed by atoms with van der Waals surface area (Å²) in [5.74, 6) is 0.488. The lowest BCUT2D eigenvalue weighted by atomic mass is 9.90. The van der Waals surface area contributed by atoms with Crippen LogP contribution in [0.5, 0.6) is 0 Å². The summed E-state index contributed by atoms with van der Waals surface area (Å²) in [4.78, 5) is 5.12. The molecule has 0 spiro atoms. The molecule has 62 heavy (non-hydrogen) atoms. The summed E-state index contributed by atoms with van der Waals surface area (Å²) in [6.45, 7) is 13.7. The maximum atomic E-state index is 2.58. The van der Waals surface area contributed by atoms with E-state index in [1.807, 2.05) is 0 Å². The van der Waals surface area contributed by atoms with Crippen molar-refractivity contribution in [2.75, 3.05) is 9.80 Å². The Hall–Kier alpha value is -6.90. The molecule has 0 N–H and O–H groups in total. The van der Waals surface area contributed by atoms with Gasteiger partial charge in [-0.3, -0.25) is 0 Å². The lowest BCUT2D eigenvalue weighted by Crippen LogP contribution is -2.20. The van der Waals surface area contributed by atoms with Crippen molar-refractivity contribution >= 4 is 60.8 Å². The zero-order valence-electron chi connectivity index (χ0n) is 36.8. The Morgan fingerprint density at radius 2 is 1.05 bits per heavy atom. The van der Waals surface area contributed by atoms with Gasteiger partial charge < -0.3 is 9.80 Å². The fourth-order valence-corrected chi connectivity index (χ4v) is 10.2. The van der Waals surface area contributed by atoms with E-state index in [4.69, 9.17) is 0 Å². The molecule has 0 radical (unpaired) electrons. The zero-order valence-corrected chi connectivity index (χ0v) is 36.8. The van der Waals surface area contributed by atoms with E-state index in [9.17, 15) is 0 Å². The fourth-order valence-electron chi connectivity index (χ4n) is 10.2. The number of hydrogen-bond acceptors (Lipinski definition) is 2. The Bertz CT molecular complexity index is 3170. The predicted molar refractivity (Wildman–Crippen MR) is 268 cm³/mol. The van der Waals surface area contributed by atoms with Crippen molar-refractivity contribution in [2.45, 2.75) is 60.8 Å². The molecule has 0 bridgehead atoms. The van der Waals surface area contributed by atoms with E-state index < -0.39 is 0 Å². The van der Waals surface area contributed by atoms with Gasteiger partial charge in [0.15, 0.2) is 0 Å². The molecular weight excluding hydrogens is 749 g/mol. The minimum absolute atomic E-state index is 0.488. The SMILES string of the molecule is CCc1cccc(N(c2c(C)ccc(-c3ccccc3)c2C)c2ccc3ccc4c(N(C5=CC(CC)CC=C5)c5c(C)ccc(-c6ccccc6)c5C)ccc5ccc2c3c54)c1. The normalized spacial score (nSPS) is 13.9. The van der Waals surface area contributed by atoms with Crippen LogP contribution in [0.15, 0.2) is 182 Å². The lowest BCUT2D eigenvalue weighted by Gasteiger charge is -2.34. The van der Waals surface area contributed by atoms with Gasteiger partial charge in [-0.1, -0.05) is 159 Å². The van der Waals surface area contributed by atoms with Crippen LogP contribution >= 0.6 is 0 Å². The second-order valence-corrected chi connectivity index (χ2v) is 17.2. The number of aryl methyl sites for hydroxylation is 3. The average Bonchev–Trinajstić information content (AvgIpc) is 3.31. The molecule has 2 heteroatoms. The van der Waals surface area contributed by atoms with E-state index >= 15 is 0 Å². The highest BCUT2D eigenvalue weighted by Crippen LogP contribution is 2.50. The Balaban J connectivity index is 1.25. The maximum Gasteiger partial charge on any atom is 0.0540 e. The standard InChI is InChI=1S/C60H54N2/c1-7-43-17-15-23-49(37-43)61(59-39(3)25-31-51(41(59)5)45-19-11-9-12-20-45)55-35-29-47-28-34-54-56(36-30-48-27-33-53(55)57(47)58(48)54)62(50-24-16-18-44(8-2)38-50)60-40(4)26-32-52(42(60)6)46-21-13-10-14-22-46/h9-17,19-38,44H,7-8,18H2,1-6H3. The number of benzene rings is 9. The highest BCUT2D eigenvalue weighted by molar-refractivity contribution is 6.28. The average molecular weight is 803 g/mol. The summed E-state index contributed by atoms with van der Waals surface area (Å²) >= 11 is 0. The predicted octanol–water partition coefficient (Wildman–Crippen LogP) is 17.2. The van der Waals surface area contributed by atoms with Gasteiger partial charge in [0.2, 0.25) is 0 Å². The van der Waals surface area contributed by atoms with Gasteiger partial charge in [-0.2, -0.15) is 0 Å². The molecule has 1 unspecified atom stereocenters. The minimum atomic E-state index is 0.488. The first-order chi connectivity index (χ1) is 30.3. The Morgan fingerprint density at radius 3 is 1.60 bits per heavy atom. The third-order valence-electron chi connectivity index (χ3n) is 13.5. The highest BCUT2D eigenvalue weighted by Gasteiger charge is 2.27. The molecule has 10 rings (SSSR count). The van der Waals surface area contributed by atoms with Crippen molar-refractivity contribution in [2.24, 2.45) is 5.92 Å². The van der Waals surface area contributed by atoms with E-state index in [1.165, 1.54) is 117 Å². The van der Waals surface area contributed by atoms with Crippen molar-refractivity contribution in [1.29, 1.82) is 0 Å². The lowest BCUT2D eigenvalue weighted by molar-refractivity contribution is 0.626. The van der Waals surface area contributed by atoms with Gasteiger partial charge in [-0.05, 0) is 155 Å². The molecule has 1 atom stereocenters. The van der Waals surface area contributed by atoms with Crippen LogP contribution in [-0.4, -0.2) is 0 Å². The molecule has 2 nitrogen and oxygen atoms in total. The molecule has 0 heterocycles. The first-order valence-electron chi connectivity index (χ1n) is 22.4. The molecular formula is C60H54N2. The van der Waals surface area contributed by atoms with E-state index in [2.05, 4.69) is 227 Å². The summed E-state index contributed by atoms with van der Waals surface area (Å²) in [5, 5.41) is 7.61. The van der Waals surface area contributed by atoms with Crippen LogP contribution in [-0.2, 0) is 6.42 Å². The molecule has 9 aromatic rings. The molecule has 0 aromatic heterocycles. The van der Waals surface area contributed by atoms with Crippen molar-refractivity contribution in [3.63, 3.8) is 0 Å². The molecule has 1 aliphatic rings. The third kappa shape index (κ3) is 6.66. The summed E-state index contributed by atoms with van der Waals surface area (Å²) in [7, 11) is 0. The van der Waals surface area contributed by atoms with Crippen LogP contribution in [0, 0.1) is 33.6 Å². The van der Waals surface area contributed by atoms with Crippen LogP contribution in [0.3, 0.4) is 0 Å². The summed E-state index contributed by atoms with van der Waals surface area (Å²) in [5.41, 5.74) is 18.6. The summed E-state index contributed by atoms with van der Waals surface area (Å²) < 4.78 is 0. The first-order valence-corrected chi connectivity index (χ1v) is 22.4. The molecule has 1 aliphatic carbocycles. The minimum Gasteiger partial charge on any atom is -0.310 e. The fraction of sp³-hybridized carbons (Fsp3) is 0.167. The van der Waals surface area contributed by atoms with E-state index in [-0.39, 0.29) is 0 Å². The monoisotopic (exact) mass is 802 g/mol. The second kappa shape index (κ2) is 16.2. The van der Waals surface area contributed by atoms with Gasteiger partial charge in [0.05, 0.1) is 22.7 Å².